The van der Waals surface area contributed by atoms with Gasteiger partial charge in [-0.25, -0.2) is 9.97 Å². The van der Waals surface area contributed by atoms with Gasteiger partial charge in [0.15, 0.2) is 0 Å². The van der Waals surface area contributed by atoms with E-state index in [1.54, 1.807) is 43.8 Å². The second-order valence-corrected chi connectivity index (χ2v) is 7.72. The van der Waals surface area contributed by atoms with Crippen LogP contribution in [0.15, 0.2) is 60.9 Å². The molecule has 1 aliphatic heterocycles. The van der Waals surface area contributed by atoms with Crippen molar-refractivity contribution in [2.45, 2.75) is 0 Å². The Labute approximate surface area is 190 Å². The highest BCUT2D eigenvalue weighted by atomic mass is 16.5. The van der Waals surface area contributed by atoms with E-state index in [1.165, 1.54) is 4.57 Å². The third-order valence-corrected chi connectivity index (χ3v) is 5.69. The minimum atomic E-state index is -0.379. The first kappa shape index (κ1) is 20.8. The number of rotatable bonds is 5. The van der Waals surface area contributed by atoms with Gasteiger partial charge in [0.05, 0.1) is 7.11 Å². The molecule has 0 unspecified atom stereocenters. The first-order valence-electron chi connectivity index (χ1n) is 10.7. The number of fused-ring (bicyclic) bond motifs is 1. The van der Waals surface area contributed by atoms with E-state index in [4.69, 9.17) is 4.74 Å². The Morgan fingerprint density at radius 2 is 1.94 bits per heavy atom. The van der Waals surface area contributed by atoms with Crippen molar-refractivity contribution < 1.29 is 14.6 Å². The summed E-state index contributed by atoms with van der Waals surface area (Å²) >= 11 is 0. The number of carbonyl (C=O) groups is 1. The van der Waals surface area contributed by atoms with Gasteiger partial charge in [-0.3, -0.25) is 9.36 Å². The lowest BCUT2D eigenvalue weighted by Gasteiger charge is -2.29. The Morgan fingerprint density at radius 3 is 2.76 bits per heavy atom. The number of pyridine rings is 2. The van der Waals surface area contributed by atoms with Gasteiger partial charge in [-0.15, -0.1) is 0 Å². The monoisotopic (exact) mass is 444 g/mol. The van der Waals surface area contributed by atoms with Crippen LogP contribution >= 0.6 is 0 Å². The molecule has 0 radical (unpaired) electrons. The summed E-state index contributed by atoms with van der Waals surface area (Å²) in [6.07, 6.45) is 3.43. The fraction of sp³-hybridized carbons (Fsp3) is 0.208. The normalized spacial score (nSPS) is 13.8. The van der Waals surface area contributed by atoms with E-state index in [0.717, 1.165) is 37.3 Å². The molecule has 168 valence electrons. The number of amides is 1. The highest BCUT2D eigenvalue weighted by Gasteiger charge is 2.17. The number of nitrogens with one attached hydrogen (secondary N) is 2. The van der Waals surface area contributed by atoms with Gasteiger partial charge in [0, 0.05) is 61.1 Å². The lowest BCUT2D eigenvalue weighted by molar-refractivity contribution is 0.102. The van der Waals surface area contributed by atoms with Crippen LogP contribution in [0.25, 0.3) is 16.6 Å². The molecule has 4 aromatic rings. The van der Waals surface area contributed by atoms with Gasteiger partial charge in [-0.05, 0) is 30.3 Å². The SMILES string of the molecule is COc1cccc2c(O)n(-c3cccc(C(=O)Nc4cc(N5CCNCC5)ccn4)n3)cc12. The van der Waals surface area contributed by atoms with Crippen LogP contribution in [-0.4, -0.2) is 58.8 Å². The van der Waals surface area contributed by atoms with E-state index in [-0.39, 0.29) is 17.5 Å². The van der Waals surface area contributed by atoms with E-state index in [0.29, 0.717) is 22.8 Å². The summed E-state index contributed by atoms with van der Waals surface area (Å²) in [7, 11) is 1.58. The number of carbonyl (C=O) groups excluding carboxylic acids is 1. The quantitative estimate of drug-likeness (QED) is 0.435. The van der Waals surface area contributed by atoms with Gasteiger partial charge in [0.25, 0.3) is 5.91 Å². The Morgan fingerprint density at radius 1 is 1.12 bits per heavy atom. The number of hydrogen-bond donors (Lipinski definition) is 3. The lowest BCUT2D eigenvalue weighted by Crippen LogP contribution is -2.43. The molecule has 0 bridgehead atoms. The van der Waals surface area contributed by atoms with Gasteiger partial charge in [0.1, 0.15) is 23.1 Å². The largest absolute Gasteiger partial charge is 0.496 e. The van der Waals surface area contributed by atoms with Crippen LogP contribution in [0.2, 0.25) is 0 Å². The molecule has 0 spiro atoms. The molecule has 1 aliphatic rings. The van der Waals surface area contributed by atoms with Crippen LogP contribution in [0.5, 0.6) is 11.6 Å². The second kappa shape index (κ2) is 8.79. The zero-order valence-electron chi connectivity index (χ0n) is 18.2. The van der Waals surface area contributed by atoms with Crippen LogP contribution in [0.3, 0.4) is 0 Å². The minimum absolute atomic E-state index is 0.0272. The van der Waals surface area contributed by atoms with Crippen molar-refractivity contribution in [3.8, 4) is 17.4 Å². The summed E-state index contributed by atoms with van der Waals surface area (Å²) in [5, 5.41) is 18.3. The Hall–Kier alpha value is -4.11. The van der Waals surface area contributed by atoms with Gasteiger partial charge in [-0.2, -0.15) is 0 Å². The van der Waals surface area contributed by atoms with Crippen molar-refractivity contribution in [3.63, 3.8) is 0 Å². The molecule has 3 N–H and O–H groups in total. The molecule has 4 heterocycles. The van der Waals surface area contributed by atoms with Crippen molar-refractivity contribution in [2.75, 3.05) is 43.5 Å². The first-order chi connectivity index (χ1) is 16.1. The summed E-state index contributed by atoms with van der Waals surface area (Å²) in [6, 6.07) is 14.3. The van der Waals surface area contributed by atoms with Crippen LogP contribution in [-0.2, 0) is 0 Å². The molecule has 1 amide bonds. The Bertz CT molecular complexity index is 1310. The third kappa shape index (κ3) is 4.06. The summed E-state index contributed by atoms with van der Waals surface area (Å²) in [4.78, 5) is 23.9. The number of piperazine rings is 1. The molecule has 3 aromatic heterocycles. The molecule has 1 aromatic carbocycles. The maximum Gasteiger partial charge on any atom is 0.275 e. The van der Waals surface area contributed by atoms with Crippen LogP contribution in [0.1, 0.15) is 10.5 Å². The van der Waals surface area contributed by atoms with Crippen molar-refractivity contribution in [2.24, 2.45) is 0 Å². The number of anilines is 2. The van der Waals surface area contributed by atoms with E-state index < -0.39 is 0 Å². The number of methoxy groups -OCH3 is 1. The third-order valence-electron chi connectivity index (χ3n) is 5.69. The molecular formula is C24H24N6O3. The molecule has 5 rings (SSSR count). The average molecular weight is 444 g/mol. The van der Waals surface area contributed by atoms with Crippen LogP contribution in [0.4, 0.5) is 11.5 Å². The minimum Gasteiger partial charge on any atom is -0.496 e. The molecule has 1 saturated heterocycles. The van der Waals surface area contributed by atoms with E-state index in [9.17, 15) is 9.90 Å². The number of aromatic nitrogens is 3. The second-order valence-electron chi connectivity index (χ2n) is 7.72. The standard InChI is InChI=1S/C24H24N6O3/c1-33-20-6-2-4-17-18(20)15-30(24(17)32)22-7-3-5-19(27-22)23(31)28-21-14-16(8-9-26-21)29-12-10-25-11-13-29/h2-9,14-15,25,32H,10-13H2,1H3,(H,26,28,31). The predicted molar refractivity (Wildman–Crippen MR) is 127 cm³/mol. The number of nitrogens with zero attached hydrogens (tertiary/aromatic N) is 4. The fourth-order valence-corrected chi connectivity index (χ4v) is 4.02. The maximum atomic E-state index is 12.9. The highest BCUT2D eigenvalue weighted by Crippen LogP contribution is 2.35. The molecule has 0 saturated carbocycles. The van der Waals surface area contributed by atoms with Crippen LogP contribution < -0.4 is 20.3 Å². The Kier molecular flexibility index (Phi) is 5.54. The molecule has 1 fully saturated rings. The molecule has 0 aliphatic carbocycles. The molecule has 9 heteroatoms. The van der Waals surface area contributed by atoms with E-state index in [1.807, 2.05) is 24.3 Å². The van der Waals surface area contributed by atoms with Gasteiger partial charge < -0.3 is 25.4 Å². The summed E-state index contributed by atoms with van der Waals surface area (Å²) in [5.41, 5.74) is 1.23. The molecule has 9 nitrogen and oxygen atoms in total. The van der Waals surface area contributed by atoms with Crippen molar-refractivity contribution in [1.29, 1.82) is 0 Å². The summed E-state index contributed by atoms with van der Waals surface area (Å²) < 4.78 is 6.93. The molecule has 33 heavy (non-hydrogen) atoms. The zero-order valence-corrected chi connectivity index (χ0v) is 18.2. The van der Waals surface area contributed by atoms with Crippen molar-refractivity contribution >= 4 is 28.2 Å². The number of aromatic hydroxyl groups is 1. The predicted octanol–water partition coefficient (Wildman–Crippen LogP) is 2.80. The molecule has 0 atom stereocenters. The number of ether oxygens (including phenoxy) is 1. The van der Waals surface area contributed by atoms with Crippen molar-refractivity contribution in [3.05, 3.63) is 66.6 Å². The Balaban J connectivity index is 1.40. The smallest absolute Gasteiger partial charge is 0.275 e. The van der Waals surface area contributed by atoms with E-state index in [2.05, 4.69) is 25.5 Å². The lowest BCUT2D eigenvalue weighted by atomic mass is 10.2. The first-order valence-corrected chi connectivity index (χ1v) is 10.7. The summed E-state index contributed by atoms with van der Waals surface area (Å²) in [5.74, 6) is 1.17. The van der Waals surface area contributed by atoms with Gasteiger partial charge in [0.2, 0.25) is 5.88 Å². The van der Waals surface area contributed by atoms with Gasteiger partial charge in [-0.1, -0.05) is 12.1 Å². The zero-order chi connectivity index (χ0) is 22.8. The topological polar surface area (TPSA) is 105 Å². The number of benzene rings is 1. The average Bonchev–Trinajstić information content (AvgIpc) is 3.21. The maximum absolute atomic E-state index is 12.9. The van der Waals surface area contributed by atoms with Crippen molar-refractivity contribution in [1.82, 2.24) is 19.9 Å². The number of hydrogen-bond acceptors (Lipinski definition) is 7. The van der Waals surface area contributed by atoms with Crippen LogP contribution in [0, 0.1) is 0 Å². The summed E-state index contributed by atoms with van der Waals surface area (Å²) in [6.45, 7) is 3.66. The fourth-order valence-electron chi connectivity index (χ4n) is 4.02. The van der Waals surface area contributed by atoms with E-state index >= 15 is 0 Å². The molecular weight excluding hydrogens is 420 g/mol. The highest BCUT2D eigenvalue weighted by molar-refractivity contribution is 6.02. The van der Waals surface area contributed by atoms with Gasteiger partial charge >= 0.3 is 0 Å².